The Hall–Kier alpha value is -1.86. The number of halogens is 3. The minimum Gasteiger partial charge on any atom is -0.370 e. The van der Waals surface area contributed by atoms with E-state index in [0.29, 0.717) is 18.1 Å². The summed E-state index contributed by atoms with van der Waals surface area (Å²) in [6.07, 6.45) is -4.56. The maximum Gasteiger partial charge on any atom is 0.453 e. The van der Waals surface area contributed by atoms with E-state index in [4.69, 9.17) is 0 Å². The lowest BCUT2D eigenvalue weighted by molar-refractivity contribution is -0.144. The molecule has 0 atom stereocenters. The van der Waals surface area contributed by atoms with Crippen LogP contribution in [0.5, 0.6) is 0 Å². The quantitative estimate of drug-likeness (QED) is 0.877. The molecule has 92 valence electrons. The molecule has 0 unspecified atom stereocenters. The van der Waals surface area contributed by atoms with Crippen LogP contribution < -0.4 is 5.32 Å². The van der Waals surface area contributed by atoms with E-state index in [-0.39, 0.29) is 5.78 Å². The number of aryl methyl sites for hydroxylation is 1. The highest BCUT2D eigenvalue weighted by Crippen LogP contribution is 2.27. The van der Waals surface area contributed by atoms with Gasteiger partial charge in [0.15, 0.2) is 0 Å². The van der Waals surface area contributed by atoms with Gasteiger partial charge in [0.1, 0.15) is 5.82 Å². The molecular formula is C9H10F3N5. The molecule has 0 amide bonds. The van der Waals surface area contributed by atoms with Crippen LogP contribution in [-0.2, 0) is 6.18 Å². The number of hydrogen-bond donors (Lipinski definition) is 1. The molecule has 0 saturated heterocycles. The fraction of sp³-hybridized carbons (Fsp3) is 0.444. The van der Waals surface area contributed by atoms with Gasteiger partial charge < -0.3 is 5.32 Å². The largest absolute Gasteiger partial charge is 0.453 e. The highest BCUT2D eigenvalue weighted by atomic mass is 19.4. The standard InChI is InChI=1S/C9H10F3N5/c1-3-13-6-4-5(2)14-8-15-7(9(10,11)12)16-17(6)8/h4,13H,3H2,1-2H3. The van der Waals surface area contributed by atoms with Gasteiger partial charge in [-0.2, -0.15) is 22.7 Å². The number of fused-ring (bicyclic) bond motifs is 1. The molecule has 5 nitrogen and oxygen atoms in total. The number of rotatable bonds is 2. The van der Waals surface area contributed by atoms with Gasteiger partial charge in [0, 0.05) is 18.3 Å². The molecule has 2 aromatic rings. The maximum atomic E-state index is 12.5. The van der Waals surface area contributed by atoms with Crippen LogP contribution in [0.25, 0.3) is 5.78 Å². The number of anilines is 1. The zero-order valence-corrected chi connectivity index (χ0v) is 9.21. The molecule has 0 aromatic carbocycles. The fourth-order valence-electron chi connectivity index (χ4n) is 1.41. The van der Waals surface area contributed by atoms with E-state index in [2.05, 4.69) is 20.4 Å². The smallest absolute Gasteiger partial charge is 0.370 e. The van der Waals surface area contributed by atoms with E-state index < -0.39 is 12.0 Å². The van der Waals surface area contributed by atoms with Gasteiger partial charge in [0.2, 0.25) is 0 Å². The van der Waals surface area contributed by atoms with Crippen LogP contribution in [0, 0.1) is 6.92 Å². The van der Waals surface area contributed by atoms with E-state index in [0.717, 1.165) is 4.52 Å². The van der Waals surface area contributed by atoms with Gasteiger partial charge in [-0.1, -0.05) is 0 Å². The SMILES string of the molecule is CCNc1cc(C)nc2nc(C(F)(F)F)nn12. The average Bonchev–Trinajstić information content (AvgIpc) is 2.61. The average molecular weight is 245 g/mol. The first kappa shape index (κ1) is 11.6. The molecule has 17 heavy (non-hydrogen) atoms. The second-order valence-corrected chi connectivity index (χ2v) is 3.46. The Morgan fingerprint density at radius 1 is 1.35 bits per heavy atom. The molecule has 2 rings (SSSR count). The van der Waals surface area contributed by atoms with E-state index in [1.165, 1.54) is 0 Å². The molecule has 2 heterocycles. The molecular weight excluding hydrogens is 235 g/mol. The van der Waals surface area contributed by atoms with Gasteiger partial charge in [-0.15, -0.1) is 5.10 Å². The molecule has 0 fully saturated rings. The van der Waals surface area contributed by atoms with Crippen molar-refractivity contribution in [2.75, 3.05) is 11.9 Å². The second-order valence-electron chi connectivity index (χ2n) is 3.46. The number of nitrogens with one attached hydrogen (secondary N) is 1. The lowest BCUT2D eigenvalue weighted by Crippen LogP contribution is -2.09. The van der Waals surface area contributed by atoms with Crippen molar-refractivity contribution in [3.63, 3.8) is 0 Å². The van der Waals surface area contributed by atoms with Crippen LogP contribution in [0.15, 0.2) is 6.07 Å². The van der Waals surface area contributed by atoms with E-state index in [1.807, 2.05) is 6.92 Å². The Labute approximate surface area is 94.7 Å². The minimum atomic E-state index is -4.56. The number of alkyl halides is 3. The molecule has 2 aromatic heterocycles. The molecule has 1 N–H and O–H groups in total. The fourth-order valence-corrected chi connectivity index (χ4v) is 1.41. The summed E-state index contributed by atoms with van der Waals surface area (Å²) >= 11 is 0. The summed E-state index contributed by atoms with van der Waals surface area (Å²) in [4.78, 5) is 7.27. The summed E-state index contributed by atoms with van der Waals surface area (Å²) in [6.45, 7) is 4.09. The minimum absolute atomic E-state index is 0.0618. The van der Waals surface area contributed by atoms with Crippen molar-refractivity contribution in [1.29, 1.82) is 0 Å². The number of hydrogen-bond acceptors (Lipinski definition) is 4. The first-order valence-corrected chi connectivity index (χ1v) is 4.97. The summed E-state index contributed by atoms with van der Waals surface area (Å²) in [7, 11) is 0. The van der Waals surface area contributed by atoms with Crippen molar-refractivity contribution in [3.8, 4) is 0 Å². The lowest BCUT2D eigenvalue weighted by Gasteiger charge is -2.05. The van der Waals surface area contributed by atoms with Crippen LogP contribution in [0.3, 0.4) is 0 Å². The molecule has 0 aliphatic heterocycles. The Bertz CT molecular complexity index is 545. The summed E-state index contributed by atoms with van der Waals surface area (Å²) in [5, 5.41) is 6.31. The van der Waals surface area contributed by atoms with Gasteiger partial charge in [-0.3, -0.25) is 0 Å². The predicted octanol–water partition coefficient (Wildman–Crippen LogP) is 1.88. The van der Waals surface area contributed by atoms with Crippen LogP contribution in [0.2, 0.25) is 0 Å². The van der Waals surface area contributed by atoms with Crippen LogP contribution in [0.1, 0.15) is 18.4 Å². The third kappa shape index (κ3) is 2.15. The topological polar surface area (TPSA) is 55.1 Å². The zero-order valence-electron chi connectivity index (χ0n) is 9.21. The van der Waals surface area contributed by atoms with E-state index in [9.17, 15) is 13.2 Å². The van der Waals surface area contributed by atoms with E-state index >= 15 is 0 Å². The predicted molar refractivity (Wildman–Crippen MR) is 54.7 cm³/mol. The van der Waals surface area contributed by atoms with Crippen molar-refractivity contribution >= 4 is 11.6 Å². The van der Waals surface area contributed by atoms with Crippen LogP contribution >= 0.6 is 0 Å². The highest BCUT2D eigenvalue weighted by Gasteiger charge is 2.36. The molecule has 0 radical (unpaired) electrons. The second kappa shape index (κ2) is 3.86. The van der Waals surface area contributed by atoms with Gasteiger partial charge in [-0.25, -0.2) is 4.98 Å². The van der Waals surface area contributed by atoms with Gasteiger partial charge in [0.25, 0.3) is 11.6 Å². The zero-order chi connectivity index (χ0) is 12.6. The molecule has 0 bridgehead atoms. The Kier molecular flexibility index (Phi) is 2.64. The molecule has 0 saturated carbocycles. The lowest BCUT2D eigenvalue weighted by atomic mass is 10.4. The van der Waals surface area contributed by atoms with Crippen molar-refractivity contribution in [3.05, 3.63) is 17.6 Å². The van der Waals surface area contributed by atoms with Crippen molar-refractivity contribution in [1.82, 2.24) is 19.6 Å². The summed E-state index contributed by atoms with van der Waals surface area (Å²) in [6, 6.07) is 1.62. The van der Waals surface area contributed by atoms with Gasteiger partial charge in [0.05, 0.1) is 0 Å². The van der Waals surface area contributed by atoms with Crippen molar-refractivity contribution in [2.45, 2.75) is 20.0 Å². The first-order valence-electron chi connectivity index (χ1n) is 4.97. The Morgan fingerprint density at radius 2 is 2.06 bits per heavy atom. The van der Waals surface area contributed by atoms with E-state index in [1.54, 1.807) is 13.0 Å². The summed E-state index contributed by atoms with van der Waals surface area (Å²) in [5.74, 6) is -0.805. The van der Waals surface area contributed by atoms with Crippen molar-refractivity contribution < 1.29 is 13.2 Å². The molecule has 0 spiro atoms. The maximum absolute atomic E-state index is 12.5. The van der Waals surface area contributed by atoms with Crippen molar-refractivity contribution in [2.24, 2.45) is 0 Å². The monoisotopic (exact) mass is 245 g/mol. The Balaban J connectivity index is 2.63. The Morgan fingerprint density at radius 3 is 2.65 bits per heavy atom. The first-order chi connectivity index (χ1) is 7.91. The van der Waals surface area contributed by atoms with Gasteiger partial charge >= 0.3 is 6.18 Å². The van der Waals surface area contributed by atoms with Crippen LogP contribution in [-0.4, -0.2) is 26.1 Å². The summed E-state index contributed by atoms with van der Waals surface area (Å²) < 4.78 is 38.4. The number of aromatic nitrogens is 4. The molecule has 0 aliphatic carbocycles. The van der Waals surface area contributed by atoms with Gasteiger partial charge in [-0.05, 0) is 13.8 Å². The number of nitrogens with zero attached hydrogens (tertiary/aromatic N) is 4. The molecule has 8 heteroatoms. The third-order valence-corrected chi connectivity index (χ3v) is 2.05. The van der Waals surface area contributed by atoms with Crippen LogP contribution in [0.4, 0.5) is 19.0 Å². The highest BCUT2D eigenvalue weighted by molar-refractivity contribution is 5.45. The normalized spacial score (nSPS) is 12.1. The summed E-state index contributed by atoms with van der Waals surface area (Å²) in [5.41, 5.74) is 0.578. The molecule has 0 aliphatic rings. The third-order valence-electron chi connectivity index (χ3n) is 2.05.